The second kappa shape index (κ2) is 14.1. The van der Waals surface area contributed by atoms with Gasteiger partial charge in [-0.25, -0.2) is 14.6 Å². The number of carbonyl (C=O) groups excluding carboxylic acids is 4. The number of nitrogens with one attached hydrogen (secondary N) is 3. The number of ether oxygens (including phenoxy) is 2. The largest absolute Gasteiger partial charge is 0.466 e. The lowest BCUT2D eigenvalue weighted by Gasteiger charge is -2.26. The zero-order valence-electron chi connectivity index (χ0n) is 22.0. The van der Waals surface area contributed by atoms with Gasteiger partial charge in [0.05, 0.1) is 12.3 Å². The fraction of sp³-hybridized carbons (Fsp3) is 0.444. The van der Waals surface area contributed by atoms with Gasteiger partial charge < -0.3 is 30.3 Å². The number of aromatic nitrogens is 1. The molecule has 1 atom stereocenters. The molecular formula is C27H35N5O6. The maximum Gasteiger partial charge on any atom is 0.417 e. The van der Waals surface area contributed by atoms with Crippen molar-refractivity contribution in [3.63, 3.8) is 0 Å². The van der Waals surface area contributed by atoms with Crippen LogP contribution in [0.1, 0.15) is 44.1 Å². The molecule has 0 aliphatic carbocycles. The number of carbonyl (C=O) groups is 4. The standard InChI is InChI=1S/C27H35N5O6/c1-4-37-24(33)11-10-21(26(35)38-27(36)32-14-12-28-13-15-32)31-25(34)23-17-20(29-18(2)3)16-22(30-23)19-8-6-5-7-9-19/h5-9,16-18,21,28H,4,10-15H2,1-3H3,(H,29,30)(H,31,34). The summed E-state index contributed by atoms with van der Waals surface area (Å²) >= 11 is 0. The van der Waals surface area contributed by atoms with Gasteiger partial charge in [0.1, 0.15) is 11.7 Å². The Kier molecular flexibility index (Phi) is 10.6. The molecule has 3 N–H and O–H groups in total. The molecule has 0 saturated carbocycles. The summed E-state index contributed by atoms with van der Waals surface area (Å²) in [7, 11) is 0. The van der Waals surface area contributed by atoms with Gasteiger partial charge >= 0.3 is 18.0 Å². The van der Waals surface area contributed by atoms with Gasteiger partial charge in [-0.2, -0.15) is 0 Å². The molecular weight excluding hydrogens is 490 g/mol. The van der Waals surface area contributed by atoms with Gasteiger partial charge in [-0.15, -0.1) is 0 Å². The van der Waals surface area contributed by atoms with E-state index >= 15 is 0 Å². The molecule has 2 amide bonds. The lowest BCUT2D eigenvalue weighted by atomic mass is 10.1. The van der Waals surface area contributed by atoms with Crippen LogP contribution in [0.3, 0.4) is 0 Å². The lowest BCUT2D eigenvalue weighted by molar-refractivity contribution is -0.144. The zero-order valence-corrected chi connectivity index (χ0v) is 22.0. The smallest absolute Gasteiger partial charge is 0.417 e. The second-order valence-electron chi connectivity index (χ2n) is 9.09. The van der Waals surface area contributed by atoms with Crippen LogP contribution in [0.15, 0.2) is 42.5 Å². The Labute approximate surface area is 222 Å². The molecule has 0 spiro atoms. The molecule has 2 aromatic rings. The van der Waals surface area contributed by atoms with Gasteiger partial charge in [-0.1, -0.05) is 30.3 Å². The van der Waals surface area contributed by atoms with Crippen LogP contribution in [0, 0.1) is 0 Å². The van der Waals surface area contributed by atoms with E-state index in [-0.39, 0.29) is 31.2 Å². The number of rotatable bonds is 10. The first-order chi connectivity index (χ1) is 18.3. The third-order valence-corrected chi connectivity index (χ3v) is 5.68. The highest BCUT2D eigenvalue weighted by Gasteiger charge is 2.29. The summed E-state index contributed by atoms with van der Waals surface area (Å²) < 4.78 is 10.0. The van der Waals surface area contributed by atoms with E-state index in [9.17, 15) is 19.2 Å². The van der Waals surface area contributed by atoms with E-state index in [2.05, 4.69) is 20.9 Å². The molecule has 1 aromatic heterocycles. The van der Waals surface area contributed by atoms with Crippen LogP contribution in [0.25, 0.3) is 11.3 Å². The molecule has 3 rings (SSSR count). The molecule has 1 aliphatic rings. The van der Waals surface area contributed by atoms with Crippen LogP contribution in [0.5, 0.6) is 0 Å². The van der Waals surface area contributed by atoms with E-state index in [4.69, 9.17) is 9.47 Å². The Hall–Kier alpha value is -3.99. The van der Waals surface area contributed by atoms with Crippen molar-refractivity contribution in [1.29, 1.82) is 0 Å². The van der Waals surface area contributed by atoms with Crippen molar-refractivity contribution in [3.8, 4) is 11.3 Å². The molecule has 204 valence electrons. The van der Waals surface area contributed by atoms with Crippen LogP contribution in [0.4, 0.5) is 10.5 Å². The molecule has 1 unspecified atom stereocenters. The van der Waals surface area contributed by atoms with E-state index in [0.717, 1.165) is 5.56 Å². The van der Waals surface area contributed by atoms with Crippen molar-refractivity contribution in [3.05, 3.63) is 48.2 Å². The Morgan fingerprint density at radius 1 is 1.08 bits per heavy atom. The van der Waals surface area contributed by atoms with Crippen molar-refractivity contribution < 1.29 is 28.7 Å². The van der Waals surface area contributed by atoms with Gasteiger partial charge in [-0.3, -0.25) is 9.59 Å². The SMILES string of the molecule is CCOC(=O)CCC(NC(=O)c1cc(NC(C)C)cc(-c2ccccc2)n1)C(=O)OC(=O)N1CCNCC1. The predicted octanol–water partition coefficient (Wildman–Crippen LogP) is 2.58. The molecule has 1 aliphatic heterocycles. The van der Waals surface area contributed by atoms with E-state index < -0.39 is 30.0 Å². The molecule has 11 heteroatoms. The summed E-state index contributed by atoms with van der Waals surface area (Å²) in [5.41, 5.74) is 2.13. The number of pyridine rings is 1. The van der Waals surface area contributed by atoms with E-state index in [1.54, 1.807) is 13.0 Å². The van der Waals surface area contributed by atoms with Crippen LogP contribution in [-0.2, 0) is 19.1 Å². The minimum Gasteiger partial charge on any atom is -0.466 e. The van der Waals surface area contributed by atoms with Crippen LogP contribution < -0.4 is 16.0 Å². The monoisotopic (exact) mass is 525 g/mol. The topological polar surface area (TPSA) is 139 Å². The summed E-state index contributed by atoms with van der Waals surface area (Å²) in [4.78, 5) is 56.6. The Morgan fingerprint density at radius 2 is 1.79 bits per heavy atom. The second-order valence-corrected chi connectivity index (χ2v) is 9.09. The number of nitrogens with zero attached hydrogens (tertiary/aromatic N) is 2. The third-order valence-electron chi connectivity index (χ3n) is 5.68. The Balaban J connectivity index is 1.81. The molecule has 2 heterocycles. The number of hydrogen-bond acceptors (Lipinski definition) is 9. The summed E-state index contributed by atoms with van der Waals surface area (Å²) in [5, 5.41) is 8.99. The quantitative estimate of drug-likeness (QED) is 0.315. The van der Waals surface area contributed by atoms with E-state index in [1.165, 1.54) is 4.90 Å². The maximum absolute atomic E-state index is 13.3. The summed E-state index contributed by atoms with van der Waals surface area (Å²) in [6.07, 6.45) is -1.04. The lowest BCUT2D eigenvalue weighted by Crippen LogP contribution is -2.49. The van der Waals surface area contributed by atoms with Gasteiger partial charge in [0.25, 0.3) is 5.91 Å². The fourth-order valence-corrected chi connectivity index (χ4v) is 3.87. The highest BCUT2D eigenvalue weighted by Crippen LogP contribution is 2.22. The van der Waals surface area contributed by atoms with E-state index in [0.29, 0.717) is 37.6 Å². The highest BCUT2D eigenvalue weighted by atomic mass is 16.6. The molecule has 0 bridgehead atoms. The summed E-state index contributed by atoms with van der Waals surface area (Å²) in [6, 6.07) is 11.6. The van der Waals surface area contributed by atoms with Crippen LogP contribution in [-0.4, -0.2) is 78.7 Å². The minimum absolute atomic E-state index is 0.0665. The van der Waals surface area contributed by atoms with Crippen LogP contribution in [0.2, 0.25) is 0 Å². The van der Waals surface area contributed by atoms with Crippen molar-refractivity contribution >= 4 is 29.6 Å². The average molecular weight is 526 g/mol. The third kappa shape index (κ3) is 8.55. The summed E-state index contributed by atoms with van der Waals surface area (Å²) in [6.45, 7) is 7.76. The predicted molar refractivity (Wildman–Crippen MR) is 141 cm³/mol. The number of hydrogen-bond donors (Lipinski definition) is 3. The first-order valence-corrected chi connectivity index (χ1v) is 12.8. The van der Waals surface area contributed by atoms with Crippen molar-refractivity contribution in [2.75, 3.05) is 38.1 Å². The Morgan fingerprint density at radius 3 is 2.45 bits per heavy atom. The minimum atomic E-state index is -1.26. The Bertz CT molecular complexity index is 1120. The normalized spacial score (nSPS) is 13.9. The van der Waals surface area contributed by atoms with E-state index in [1.807, 2.05) is 50.2 Å². The van der Waals surface area contributed by atoms with Gasteiger partial charge in [0, 0.05) is 49.9 Å². The average Bonchev–Trinajstić information content (AvgIpc) is 2.91. The molecule has 0 radical (unpaired) electrons. The molecule has 11 nitrogen and oxygen atoms in total. The highest BCUT2D eigenvalue weighted by molar-refractivity contribution is 5.98. The first kappa shape index (κ1) is 28.6. The van der Waals surface area contributed by atoms with Gasteiger partial charge in [0.15, 0.2) is 0 Å². The maximum atomic E-state index is 13.3. The van der Waals surface area contributed by atoms with Crippen molar-refractivity contribution in [2.24, 2.45) is 0 Å². The molecule has 1 saturated heterocycles. The molecule has 38 heavy (non-hydrogen) atoms. The molecule has 1 fully saturated rings. The first-order valence-electron chi connectivity index (χ1n) is 12.8. The van der Waals surface area contributed by atoms with Gasteiger partial charge in [0.2, 0.25) is 0 Å². The number of amides is 2. The number of esters is 2. The molecule has 1 aromatic carbocycles. The number of benzene rings is 1. The fourth-order valence-electron chi connectivity index (χ4n) is 3.87. The zero-order chi connectivity index (χ0) is 27.5. The number of anilines is 1. The number of piperazine rings is 1. The summed E-state index contributed by atoms with van der Waals surface area (Å²) in [5.74, 6) is -2.12. The van der Waals surface area contributed by atoms with Crippen LogP contribution >= 0.6 is 0 Å². The van der Waals surface area contributed by atoms with Crippen molar-refractivity contribution in [1.82, 2.24) is 20.5 Å². The van der Waals surface area contributed by atoms with Crippen molar-refractivity contribution in [2.45, 2.75) is 45.7 Å². The van der Waals surface area contributed by atoms with Gasteiger partial charge in [-0.05, 0) is 39.3 Å².